The van der Waals surface area contributed by atoms with Crippen LogP contribution >= 0.6 is 15.9 Å². The van der Waals surface area contributed by atoms with E-state index in [1.165, 1.54) is 5.56 Å². The van der Waals surface area contributed by atoms with E-state index < -0.39 is 9.84 Å². The summed E-state index contributed by atoms with van der Waals surface area (Å²) < 4.78 is 23.9. The lowest BCUT2D eigenvalue weighted by atomic mass is 9.76. The van der Waals surface area contributed by atoms with Gasteiger partial charge >= 0.3 is 0 Å². The minimum atomic E-state index is -2.84. The first-order valence-corrected chi connectivity index (χ1v) is 9.31. The lowest BCUT2D eigenvalue weighted by Crippen LogP contribution is -2.42. The van der Waals surface area contributed by atoms with Gasteiger partial charge in [0.05, 0.1) is 5.75 Å². The summed E-state index contributed by atoms with van der Waals surface area (Å²) in [6.45, 7) is 2.27. The van der Waals surface area contributed by atoms with Gasteiger partial charge in [-0.3, -0.25) is 0 Å². The van der Waals surface area contributed by atoms with Gasteiger partial charge in [0.15, 0.2) is 9.84 Å². The van der Waals surface area contributed by atoms with E-state index in [1.807, 2.05) is 6.07 Å². The number of nitrogens with one attached hydrogen (secondary N) is 1. The molecule has 0 spiro atoms. The maximum Gasteiger partial charge on any atom is 0.151 e. The fourth-order valence-electron chi connectivity index (χ4n) is 2.38. The molecule has 0 saturated heterocycles. The highest BCUT2D eigenvalue weighted by atomic mass is 79.9. The largest absolute Gasteiger partial charge is 0.313 e. The predicted molar refractivity (Wildman–Crippen MR) is 82.2 cm³/mol. The maximum absolute atomic E-state index is 11.4. The molecule has 1 N–H and O–H groups in total. The van der Waals surface area contributed by atoms with Crippen LogP contribution < -0.4 is 5.32 Å². The zero-order chi connectivity index (χ0) is 13.9. The number of sulfone groups is 1. The third kappa shape index (κ3) is 4.29. The Hall–Kier alpha value is -0.390. The topological polar surface area (TPSA) is 46.2 Å². The molecule has 106 valence electrons. The Labute approximate surface area is 123 Å². The number of hydrogen-bond acceptors (Lipinski definition) is 3. The Morgan fingerprint density at radius 3 is 2.74 bits per heavy atom. The van der Waals surface area contributed by atoms with E-state index >= 15 is 0 Å². The molecule has 1 aromatic rings. The van der Waals surface area contributed by atoms with E-state index in [4.69, 9.17) is 0 Å². The zero-order valence-corrected chi connectivity index (χ0v) is 13.5. The van der Waals surface area contributed by atoms with Crippen molar-refractivity contribution >= 4 is 25.8 Å². The molecule has 0 aromatic heterocycles. The molecule has 1 saturated carbocycles. The second kappa shape index (κ2) is 6.37. The van der Waals surface area contributed by atoms with Crippen LogP contribution in [0.5, 0.6) is 0 Å². The molecule has 0 unspecified atom stereocenters. The molecule has 1 fully saturated rings. The minimum absolute atomic E-state index is 0.236. The van der Waals surface area contributed by atoms with E-state index in [2.05, 4.69) is 39.4 Å². The van der Waals surface area contributed by atoms with Gasteiger partial charge in [-0.25, -0.2) is 8.42 Å². The maximum atomic E-state index is 11.4. The third-order valence-electron chi connectivity index (χ3n) is 3.74. The Morgan fingerprint density at radius 2 is 2.11 bits per heavy atom. The molecule has 0 atom stereocenters. The zero-order valence-electron chi connectivity index (χ0n) is 11.1. The normalized spacial score (nSPS) is 23.1. The highest BCUT2D eigenvalue weighted by molar-refractivity contribution is 9.10. The Balaban J connectivity index is 1.72. The summed E-state index contributed by atoms with van der Waals surface area (Å²) in [4.78, 5) is 0. The second-order valence-electron chi connectivity index (χ2n) is 5.11. The highest BCUT2D eigenvalue weighted by Crippen LogP contribution is 2.37. The van der Waals surface area contributed by atoms with Gasteiger partial charge in [0, 0.05) is 22.8 Å². The fraction of sp³-hybridized carbons (Fsp3) is 0.571. The monoisotopic (exact) mass is 345 g/mol. The minimum Gasteiger partial charge on any atom is -0.313 e. The molecule has 2 rings (SSSR count). The lowest BCUT2D eigenvalue weighted by molar-refractivity contribution is 0.296. The van der Waals surface area contributed by atoms with Crippen LogP contribution in [-0.2, 0) is 9.84 Å². The van der Waals surface area contributed by atoms with Crippen LogP contribution in [0.15, 0.2) is 28.7 Å². The molecule has 0 radical (unpaired) electrons. The summed E-state index contributed by atoms with van der Waals surface area (Å²) in [5, 5.41) is 3.33. The number of rotatable bonds is 6. The molecular weight excluding hydrogens is 326 g/mol. The van der Waals surface area contributed by atoms with Crippen LogP contribution in [0.25, 0.3) is 0 Å². The smallest absolute Gasteiger partial charge is 0.151 e. The first kappa shape index (κ1) is 15.0. The van der Waals surface area contributed by atoms with E-state index in [0.29, 0.717) is 18.5 Å². The van der Waals surface area contributed by atoms with Gasteiger partial charge in [-0.1, -0.05) is 35.0 Å². The van der Waals surface area contributed by atoms with Crippen molar-refractivity contribution in [2.45, 2.75) is 31.7 Å². The number of hydrogen-bond donors (Lipinski definition) is 1. The first-order valence-electron chi connectivity index (χ1n) is 6.69. The number of benzene rings is 1. The molecular formula is C14H20BrNO2S. The summed E-state index contributed by atoms with van der Waals surface area (Å²) in [5.74, 6) is 1.10. The molecule has 0 bridgehead atoms. The van der Waals surface area contributed by atoms with Crippen LogP contribution in [0.2, 0.25) is 0 Å². The lowest BCUT2D eigenvalue weighted by Gasteiger charge is -2.36. The second-order valence-corrected chi connectivity index (χ2v) is 8.50. The van der Waals surface area contributed by atoms with Crippen molar-refractivity contribution < 1.29 is 8.42 Å². The van der Waals surface area contributed by atoms with Gasteiger partial charge < -0.3 is 5.32 Å². The van der Waals surface area contributed by atoms with Crippen molar-refractivity contribution in [3.05, 3.63) is 34.3 Å². The van der Waals surface area contributed by atoms with Crippen molar-refractivity contribution in [3.8, 4) is 0 Å². The Kier molecular flexibility index (Phi) is 5.03. The predicted octanol–water partition coefficient (Wildman–Crippen LogP) is 2.72. The van der Waals surface area contributed by atoms with Gasteiger partial charge in [0.1, 0.15) is 0 Å². The summed E-state index contributed by atoms with van der Waals surface area (Å²) in [6.07, 6.45) is 2.20. The van der Waals surface area contributed by atoms with Crippen molar-refractivity contribution in [2.75, 3.05) is 18.1 Å². The summed E-state index contributed by atoms with van der Waals surface area (Å²) >= 11 is 3.49. The van der Waals surface area contributed by atoms with Gasteiger partial charge in [-0.2, -0.15) is 0 Å². The van der Waals surface area contributed by atoms with Gasteiger partial charge in [0.25, 0.3) is 0 Å². The van der Waals surface area contributed by atoms with Crippen molar-refractivity contribution in [2.24, 2.45) is 0 Å². The van der Waals surface area contributed by atoms with Crippen molar-refractivity contribution in [3.63, 3.8) is 0 Å². The molecule has 1 aromatic carbocycles. The average molecular weight is 346 g/mol. The molecule has 19 heavy (non-hydrogen) atoms. The standard InChI is InChI=1S/C14H20BrNO2S/c1-2-19(17,18)7-6-16-14-9-12(10-14)11-4-3-5-13(15)8-11/h3-5,8,12,14,16H,2,6-7,9-10H2,1H3. The van der Waals surface area contributed by atoms with E-state index in [9.17, 15) is 8.42 Å². The van der Waals surface area contributed by atoms with Crippen LogP contribution in [0.3, 0.4) is 0 Å². The van der Waals surface area contributed by atoms with Crippen molar-refractivity contribution in [1.29, 1.82) is 0 Å². The quantitative estimate of drug-likeness (QED) is 0.862. The van der Waals surface area contributed by atoms with Gasteiger partial charge in [-0.15, -0.1) is 0 Å². The molecule has 0 aliphatic heterocycles. The molecule has 1 aliphatic rings. The molecule has 0 amide bonds. The van der Waals surface area contributed by atoms with E-state index in [1.54, 1.807) is 6.92 Å². The first-order chi connectivity index (χ1) is 9.00. The highest BCUT2D eigenvalue weighted by Gasteiger charge is 2.29. The van der Waals surface area contributed by atoms with Crippen LogP contribution in [0, 0.1) is 0 Å². The van der Waals surface area contributed by atoms with E-state index in [0.717, 1.165) is 17.3 Å². The average Bonchev–Trinajstić information content (AvgIpc) is 2.32. The van der Waals surface area contributed by atoms with Gasteiger partial charge in [-0.05, 0) is 36.5 Å². The van der Waals surface area contributed by atoms with Crippen LogP contribution in [0.4, 0.5) is 0 Å². The van der Waals surface area contributed by atoms with Crippen LogP contribution in [-0.4, -0.2) is 32.5 Å². The molecule has 0 heterocycles. The fourth-order valence-corrected chi connectivity index (χ4v) is 3.51. The molecule has 3 nitrogen and oxygen atoms in total. The van der Waals surface area contributed by atoms with E-state index in [-0.39, 0.29) is 11.5 Å². The summed E-state index contributed by atoms with van der Waals surface area (Å²) in [7, 11) is -2.84. The molecule has 1 aliphatic carbocycles. The third-order valence-corrected chi connectivity index (χ3v) is 5.94. The van der Waals surface area contributed by atoms with Gasteiger partial charge in [0.2, 0.25) is 0 Å². The molecule has 5 heteroatoms. The summed E-state index contributed by atoms with van der Waals surface area (Å²) in [6, 6.07) is 8.90. The van der Waals surface area contributed by atoms with Crippen LogP contribution in [0.1, 0.15) is 31.2 Å². The summed E-state index contributed by atoms with van der Waals surface area (Å²) in [5.41, 5.74) is 1.37. The Morgan fingerprint density at radius 1 is 1.37 bits per heavy atom. The number of halogens is 1. The SMILES string of the molecule is CCS(=O)(=O)CCNC1CC(c2cccc(Br)c2)C1. The van der Waals surface area contributed by atoms with Crippen molar-refractivity contribution in [1.82, 2.24) is 5.32 Å². The Bertz CT molecular complexity index is 524.